The van der Waals surface area contributed by atoms with Crippen LogP contribution in [0.2, 0.25) is 0 Å². The number of hydrogen-bond donors (Lipinski definition) is 0. The van der Waals surface area contributed by atoms with E-state index in [1.54, 1.807) is 0 Å². The van der Waals surface area contributed by atoms with Gasteiger partial charge in [0.1, 0.15) is 19.6 Å². The van der Waals surface area contributed by atoms with Crippen molar-refractivity contribution in [3.05, 3.63) is 203 Å². The van der Waals surface area contributed by atoms with Gasteiger partial charge < -0.3 is 71.9 Å². The van der Waals surface area contributed by atoms with Crippen molar-refractivity contribution in [2.24, 2.45) is 15.0 Å². The Balaban J connectivity index is 0.00000294. The van der Waals surface area contributed by atoms with Gasteiger partial charge in [-0.05, 0) is 92.5 Å². The first kappa shape index (κ1) is 71.4. The number of nitrogens with zero attached hydrogens (tertiary/aromatic N) is 8. The summed E-state index contributed by atoms with van der Waals surface area (Å²) in [5.41, 5.74) is 15.8. The van der Waals surface area contributed by atoms with Crippen molar-refractivity contribution in [1.29, 1.82) is 0 Å². The van der Waals surface area contributed by atoms with Gasteiger partial charge in [-0.15, -0.1) is 11.4 Å². The van der Waals surface area contributed by atoms with Gasteiger partial charge in [-0.1, -0.05) is 129 Å². The van der Waals surface area contributed by atoms with Crippen molar-refractivity contribution in [2.75, 3.05) is 6.54 Å². The first-order chi connectivity index (χ1) is 37.6. The SMILES string of the molecule is CCCCCCCN1C=CC=C/C1=C1\C2=NC(=C(c3cccc[n+]3CCCCCCC)C3=NC(=C(c4cccc[n+]4CCCCCCC)c4ccc([n-]4)C(c4cccc[n+]4CCCCCCC)=C4C=CC1=N4)C=C3)C=C2.[Cl-].[Cl-].[Cl-].[Cl-].[Cl-].[Mn+3]. The molecular weight excluding hydrogens is 1160 g/mol. The molecule has 9 heterocycles. The molecule has 8 bridgehead atoms. The Labute approximate surface area is 533 Å². The van der Waals surface area contributed by atoms with E-state index in [0.29, 0.717) is 0 Å². The van der Waals surface area contributed by atoms with E-state index in [4.69, 9.17) is 20.0 Å². The van der Waals surface area contributed by atoms with E-state index in [-0.39, 0.29) is 79.1 Å². The number of unbranched alkanes of at least 4 members (excludes halogenated alkanes) is 16. The van der Waals surface area contributed by atoms with Gasteiger partial charge in [0.25, 0.3) is 0 Å². The summed E-state index contributed by atoms with van der Waals surface area (Å²) < 4.78 is 7.29. The number of aromatic nitrogens is 4. The summed E-state index contributed by atoms with van der Waals surface area (Å²) in [4.78, 5) is 25.4. The Hall–Kier alpha value is -4.83. The molecular formula is C68H84Cl5MnN8. The quantitative estimate of drug-likeness (QED) is 0.0481. The minimum absolute atomic E-state index is 0. The van der Waals surface area contributed by atoms with Gasteiger partial charge in [0.05, 0.1) is 56.6 Å². The number of halogens is 5. The average molecular weight is 1250 g/mol. The molecule has 0 atom stereocenters. The van der Waals surface area contributed by atoms with Crippen LogP contribution in [0.15, 0.2) is 190 Å². The molecule has 0 spiro atoms. The summed E-state index contributed by atoms with van der Waals surface area (Å²) in [6, 6.07) is 24.2. The van der Waals surface area contributed by atoms with Crippen LogP contribution in [-0.4, -0.2) is 28.6 Å². The second kappa shape index (κ2) is 37.5. The first-order valence-electron chi connectivity index (χ1n) is 29.6. The third-order valence-corrected chi connectivity index (χ3v) is 15.4. The maximum absolute atomic E-state index is 5.74. The number of aryl methyl sites for hydroxylation is 3. The van der Waals surface area contributed by atoms with Gasteiger partial charge in [-0.3, -0.25) is 0 Å². The van der Waals surface area contributed by atoms with E-state index >= 15 is 0 Å². The summed E-state index contributed by atoms with van der Waals surface area (Å²) >= 11 is 0. The maximum atomic E-state index is 5.74. The van der Waals surface area contributed by atoms with Crippen molar-refractivity contribution in [1.82, 2.24) is 9.88 Å². The number of aliphatic imine (C=N–C) groups is 3. The number of pyridine rings is 3. The zero-order valence-electron chi connectivity index (χ0n) is 48.7. The molecule has 0 fully saturated rings. The van der Waals surface area contributed by atoms with Crippen LogP contribution in [0.1, 0.15) is 185 Å². The second-order valence-electron chi connectivity index (χ2n) is 21.1. The fourth-order valence-corrected chi connectivity index (χ4v) is 11.3. The van der Waals surface area contributed by atoms with Gasteiger partial charge in [-0.25, -0.2) is 15.0 Å². The Kier molecular flexibility index (Phi) is 32.6. The molecule has 5 aliphatic heterocycles. The van der Waals surface area contributed by atoms with Gasteiger partial charge in [-0.2, -0.15) is 13.7 Å². The molecule has 4 aromatic rings. The summed E-state index contributed by atoms with van der Waals surface area (Å²) in [7, 11) is 0. The van der Waals surface area contributed by atoms with E-state index in [1.807, 2.05) is 0 Å². The Bertz CT molecular complexity index is 3080. The van der Waals surface area contributed by atoms with Crippen LogP contribution in [-0.2, 0) is 36.7 Å². The monoisotopic (exact) mass is 1240 g/mol. The molecule has 0 aromatic carbocycles. The molecule has 0 N–H and O–H groups in total. The molecule has 14 heteroatoms. The predicted molar refractivity (Wildman–Crippen MR) is 315 cm³/mol. The molecule has 0 aliphatic carbocycles. The smallest absolute Gasteiger partial charge is 1.00 e. The van der Waals surface area contributed by atoms with Gasteiger partial charge in [0, 0.05) is 74.0 Å². The molecule has 0 saturated carbocycles. The van der Waals surface area contributed by atoms with E-state index in [0.717, 1.165) is 143 Å². The van der Waals surface area contributed by atoms with Crippen LogP contribution >= 0.6 is 0 Å². The van der Waals surface area contributed by atoms with Gasteiger partial charge in [0.2, 0.25) is 17.1 Å². The molecule has 0 saturated heterocycles. The van der Waals surface area contributed by atoms with Gasteiger partial charge in [0.15, 0.2) is 18.6 Å². The van der Waals surface area contributed by atoms with E-state index in [1.165, 1.54) is 103 Å². The van der Waals surface area contributed by atoms with Crippen LogP contribution in [0.4, 0.5) is 0 Å². The van der Waals surface area contributed by atoms with E-state index < -0.39 is 0 Å². The topological polar surface area (TPSA) is 66.1 Å². The normalized spacial score (nSPS) is 15.6. The number of allylic oxidation sites excluding steroid dienone is 11. The molecule has 0 unspecified atom stereocenters. The van der Waals surface area contributed by atoms with Crippen LogP contribution in [0, 0.1) is 0 Å². The minimum Gasteiger partial charge on any atom is -1.00 e. The molecule has 82 heavy (non-hydrogen) atoms. The predicted octanol–water partition coefficient (Wildman–Crippen LogP) is 0.0211. The largest absolute Gasteiger partial charge is 3.00 e. The zero-order valence-corrected chi connectivity index (χ0v) is 53.6. The molecule has 9 rings (SSSR count). The number of rotatable bonds is 27. The fourth-order valence-electron chi connectivity index (χ4n) is 11.3. The van der Waals surface area contributed by atoms with Gasteiger partial charge >= 0.3 is 17.1 Å². The van der Waals surface area contributed by atoms with Crippen LogP contribution in [0.25, 0.3) is 16.7 Å². The van der Waals surface area contributed by atoms with Crippen molar-refractivity contribution >= 4 is 33.9 Å². The number of hydrogen-bond acceptors (Lipinski definition) is 4. The van der Waals surface area contributed by atoms with E-state index in [2.05, 4.69) is 193 Å². The third kappa shape index (κ3) is 18.1. The Morgan fingerprint density at radius 2 is 0.744 bits per heavy atom. The van der Waals surface area contributed by atoms with Crippen molar-refractivity contribution in [3.8, 4) is 0 Å². The van der Waals surface area contributed by atoms with Crippen molar-refractivity contribution < 1.29 is 92.8 Å². The summed E-state index contributed by atoms with van der Waals surface area (Å²) in [6.07, 6.45) is 53.2. The summed E-state index contributed by atoms with van der Waals surface area (Å²) in [5, 5.41) is 0. The van der Waals surface area contributed by atoms with Crippen molar-refractivity contribution in [3.63, 3.8) is 0 Å². The average Bonchev–Trinajstić information content (AvgIpc) is 4.31. The molecule has 0 radical (unpaired) electrons. The Morgan fingerprint density at radius 3 is 1.16 bits per heavy atom. The van der Waals surface area contributed by atoms with Crippen LogP contribution in [0.5, 0.6) is 0 Å². The van der Waals surface area contributed by atoms with Crippen LogP contribution in [0.3, 0.4) is 0 Å². The molecule has 438 valence electrons. The summed E-state index contributed by atoms with van der Waals surface area (Å²) in [6.45, 7) is 12.8. The molecule has 4 aromatic heterocycles. The fraction of sp³-hybridized carbons (Fsp3) is 0.412. The van der Waals surface area contributed by atoms with Crippen molar-refractivity contribution in [2.45, 2.75) is 176 Å². The third-order valence-electron chi connectivity index (χ3n) is 15.4. The zero-order chi connectivity index (χ0) is 52.3. The second-order valence-corrected chi connectivity index (χ2v) is 21.1. The standard InChI is InChI=1S/C68H84N8.5ClH.Mn/c1-5-9-13-17-25-45-73-49-29-21-33-61(73)65-53-37-39-55(69-53)66(62-34-22-30-50-74(62)46-26-18-14-10-6-2)57-41-43-59(71-57)68(64-36-24-32-52-76(64)48-28-20-16-12-8-4)60-44-42-58(72-60)67(56-40-38-54(65)70-56)63-35-23-31-51-75(63)47-27-19-15-11-7-3;;;;;;/h21-24,29-44,49-52H,5-20,25-28,45-48H2,1-4H3;5*1H;/q+2;;;;;;+3/p-5. The minimum atomic E-state index is 0. The summed E-state index contributed by atoms with van der Waals surface area (Å²) in [5.74, 6) is 0. The number of fused-ring (bicyclic) bond motifs is 5. The Morgan fingerprint density at radius 1 is 0.378 bits per heavy atom. The molecule has 5 aliphatic rings. The first-order valence-corrected chi connectivity index (χ1v) is 29.6. The van der Waals surface area contributed by atoms with Crippen LogP contribution < -0.4 is 80.7 Å². The maximum Gasteiger partial charge on any atom is 3.00 e. The molecule has 8 nitrogen and oxygen atoms in total. The molecule has 0 amide bonds. The van der Waals surface area contributed by atoms with E-state index in [9.17, 15) is 0 Å².